The van der Waals surface area contributed by atoms with Crippen LogP contribution in [-0.4, -0.2) is 52.5 Å². The highest BCUT2D eigenvalue weighted by atomic mass is 127. The van der Waals surface area contributed by atoms with E-state index in [0.29, 0.717) is 5.92 Å². The van der Waals surface area contributed by atoms with E-state index >= 15 is 0 Å². The lowest BCUT2D eigenvalue weighted by atomic mass is 9.86. The molecule has 1 fully saturated rings. The molecule has 1 heterocycles. The first kappa shape index (κ1) is 25.2. The monoisotopic (exact) mass is 503 g/mol. The summed E-state index contributed by atoms with van der Waals surface area (Å²) in [5, 5.41) is 6.84. The van der Waals surface area contributed by atoms with E-state index in [-0.39, 0.29) is 29.4 Å². The van der Waals surface area contributed by atoms with Gasteiger partial charge >= 0.3 is 0 Å². The number of rotatable bonds is 10. The molecule has 1 aliphatic rings. The van der Waals surface area contributed by atoms with E-state index in [0.717, 1.165) is 71.2 Å². The molecular formula is C22H38IN3O2. The number of ether oxygens (including phenoxy) is 2. The zero-order valence-electron chi connectivity index (χ0n) is 17.7. The maximum absolute atomic E-state index is 5.81. The van der Waals surface area contributed by atoms with Gasteiger partial charge in [0.2, 0.25) is 0 Å². The van der Waals surface area contributed by atoms with E-state index in [4.69, 9.17) is 9.47 Å². The third-order valence-corrected chi connectivity index (χ3v) is 4.94. The molecule has 1 saturated heterocycles. The van der Waals surface area contributed by atoms with Crippen molar-refractivity contribution in [2.75, 3.05) is 46.6 Å². The van der Waals surface area contributed by atoms with Gasteiger partial charge in [-0.05, 0) is 42.6 Å². The van der Waals surface area contributed by atoms with Gasteiger partial charge in [-0.25, -0.2) is 0 Å². The van der Waals surface area contributed by atoms with Crippen molar-refractivity contribution in [3.8, 4) is 0 Å². The Balaban J connectivity index is 0.00000392. The molecule has 0 amide bonds. The van der Waals surface area contributed by atoms with E-state index < -0.39 is 0 Å². The summed E-state index contributed by atoms with van der Waals surface area (Å²) in [6.45, 7) is 9.74. The average molecular weight is 503 g/mol. The van der Waals surface area contributed by atoms with Gasteiger partial charge in [0.15, 0.2) is 5.96 Å². The Morgan fingerprint density at radius 1 is 1.18 bits per heavy atom. The van der Waals surface area contributed by atoms with E-state index in [2.05, 4.69) is 59.8 Å². The molecule has 1 aromatic carbocycles. The van der Waals surface area contributed by atoms with Crippen LogP contribution in [0.4, 0.5) is 0 Å². The molecule has 160 valence electrons. The minimum Gasteiger partial charge on any atom is -0.381 e. The molecule has 0 spiro atoms. The second kappa shape index (κ2) is 14.2. The SMILES string of the molecule is CN=C(NCCCOCC1CCOCC1)NCC(C)(C)Cc1ccccc1.I. The second-order valence-corrected chi connectivity index (χ2v) is 8.16. The van der Waals surface area contributed by atoms with Gasteiger partial charge in [-0.15, -0.1) is 24.0 Å². The number of benzene rings is 1. The predicted octanol–water partition coefficient (Wildman–Crippen LogP) is 3.87. The van der Waals surface area contributed by atoms with Gasteiger partial charge in [-0.3, -0.25) is 4.99 Å². The van der Waals surface area contributed by atoms with Crippen molar-refractivity contribution < 1.29 is 9.47 Å². The highest BCUT2D eigenvalue weighted by Crippen LogP contribution is 2.20. The van der Waals surface area contributed by atoms with E-state index in [9.17, 15) is 0 Å². The lowest BCUT2D eigenvalue weighted by Crippen LogP contribution is -2.43. The fraction of sp³-hybridized carbons (Fsp3) is 0.682. The van der Waals surface area contributed by atoms with Gasteiger partial charge in [-0.2, -0.15) is 0 Å². The fourth-order valence-electron chi connectivity index (χ4n) is 3.30. The molecule has 0 unspecified atom stereocenters. The van der Waals surface area contributed by atoms with Crippen molar-refractivity contribution in [3.63, 3.8) is 0 Å². The highest BCUT2D eigenvalue weighted by molar-refractivity contribution is 14.0. The van der Waals surface area contributed by atoms with Crippen LogP contribution in [0.15, 0.2) is 35.3 Å². The zero-order chi connectivity index (χ0) is 19.4. The van der Waals surface area contributed by atoms with Gasteiger partial charge < -0.3 is 20.1 Å². The van der Waals surface area contributed by atoms with Crippen LogP contribution in [0.2, 0.25) is 0 Å². The number of hydrogen-bond acceptors (Lipinski definition) is 3. The van der Waals surface area contributed by atoms with Crippen molar-refractivity contribution in [3.05, 3.63) is 35.9 Å². The number of nitrogens with zero attached hydrogens (tertiary/aromatic N) is 1. The molecule has 6 heteroatoms. The van der Waals surface area contributed by atoms with Crippen molar-refractivity contribution in [1.29, 1.82) is 0 Å². The van der Waals surface area contributed by atoms with Crippen LogP contribution in [0.3, 0.4) is 0 Å². The summed E-state index contributed by atoms with van der Waals surface area (Å²) in [6.07, 6.45) is 4.29. The zero-order valence-corrected chi connectivity index (χ0v) is 20.0. The van der Waals surface area contributed by atoms with Crippen molar-refractivity contribution in [2.24, 2.45) is 16.3 Å². The topological polar surface area (TPSA) is 54.9 Å². The van der Waals surface area contributed by atoms with Crippen molar-refractivity contribution in [1.82, 2.24) is 10.6 Å². The van der Waals surface area contributed by atoms with Crippen LogP contribution < -0.4 is 10.6 Å². The van der Waals surface area contributed by atoms with Crippen LogP contribution in [-0.2, 0) is 15.9 Å². The van der Waals surface area contributed by atoms with Gasteiger partial charge in [-0.1, -0.05) is 44.2 Å². The van der Waals surface area contributed by atoms with E-state index in [1.807, 2.05) is 7.05 Å². The standard InChI is InChI=1S/C22H37N3O2.HI/c1-22(2,16-19-8-5-4-6-9-19)18-25-21(23-3)24-12-7-13-27-17-20-10-14-26-15-11-20;/h4-6,8-9,20H,7,10-18H2,1-3H3,(H2,23,24,25);1H. The first-order valence-electron chi connectivity index (χ1n) is 10.2. The van der Waals surface area contributed by atoms with E-state index in [1.54, 1.807) is 0 Å². The number of hydrogen-bond donors (Lipinski definition) is 2. The second-order valence-electron chi connectivity index (χ2n) is 8.16. The van der Waals surface area contributed by atoms with Crippen molar-refractivity contribution in [2.45, 2.75) is 39.5 Å². The Hall–Kier alpha value is -0.860. The summed E-state index contributed by atoms with van der Waals surface area (Å²) in [6, 6.07) is 10.6. The Kier molecular flexibility index (Phi) is 12.7. The molecule has 2 rings (SSSR count). The lowest BCUT2D eigenvalue weighted by Gasteiger charge is -2.26. The number of halogens is 1. The van der Waals surface area contributed by atoms with Gasteiger partial charge in [0, 0.05) is 46.6 Å². The lowest BCUT2D eigenvalue weighted by molar-refractivity contribution is 0.0203. The number of guanidine groups is 1. The van der Waals surface area contributed by atoms with Gasteiger partial charge in [0.1, 0.15) is 0 Å². The Labute approximate surface area is 188 Å². The number of nitrogens with one attached hydrogen (secondary N) is 2. The van der Waals surface area contributed by atoms with Crippen LogP contribution >= 0.6 is 24.0 Å². The highest BCUT2D eigenvalue weighted by Gasteiger charge is 2.19. The van der Waals surface area contributed by atoms with Crippen LogP contribution in [0.25, 0.3) is 0 Å². The van der Waals surface area contributed by atoms with Crippen LogP contribution in [0.1, 0.15) is 38.7 Å². The quantitative estimate of drug-likeness (QED) is 0.220. The van der Waals surface area contributed by atoms with Gasteiger partial charge in [0.25, 0.3) is 0 Å². The van der Waals surface area contributed by atoms with E-state index in [1.165, 1.54) is 5.56 Å². The Morgan fingerprint density at radius 2 is 1.89 bits per heavy atom. The largest absolute Gasteiger partial charge is 0.381 e. The molecule has 2 N–H and O–H groups in total. The molecule has 5 nitrogen and oxygen atoms in total. The van der Waals surface area contributed by atoms with Crippen molar-refractivity contribution >= 4 is 29.9 Å². The van der Waals surface area contributed by atoms with Crippen LogP contribution in [0, 0.1) is 11.3 Å². The summed E-state index contributed by atoms with van der Waals surface area (Å²) in [5.41, 5.74) is 1.53. The Morgan fingerprint density at radius 3 is 2.57 bits per heavy atom. The van der Waals surface area contributed by atoms with Gasteiger partial charge in [0.05, 0.1) is 0 Å². The molecule has 0 aliphatic carbocycles. The first-order valence-corrected chi connectivity index (χ1v) is 10.2. The first-order chi connectivity index (χ1) is 13.1. The normalized spacial score (nSPS) is 15.8. The molecule has 0 atom stereocenters. The fourth-order valence-corrected chi connectivity index (χ4v) is 3.30. The molecule has 1 aromatic rings. The summed E-state index contributed by atoms with van der Waals surface area (Å²) < 4.78 is 11.2. The third kappa shape index (κ3) is 10.6. The summed E-state index contributed by atoms with van der Waals surface area (Å²) >= 11 is 0. The summed E-state index contributed by atoms with van der Waals surface area (Å²) in [5.74, 6) is 1.54. The molecule has 0 bridgehead atoms. The average Bonchev–Trinajstić information content (AvgIpc) is 2.68. The minimum absolute atomic E-state index is 0. The maximum atomic E-state index is 5.81. The Bertz CT molecular complexity index is 546. The number of aliphatic imine (C=N–C) groups is 1. The van der Waals surface area contributed by atoms with Crippen LogP contribution in [0.5, 0.6) is 0 Å². The smallest absolute Gasteiger partial charge is 0.190 e. The summed E-state index contributed by atoms with van der Waals surface area (Å²) in [7, 11) is 1.82. The maximum Gasteiger partial charge on any atom is 0.190 e. The molecule has 0 saturated carbocycles. The minimum atomic E-state index is 0. The molecular weight excluding hydrogens is 465 g/mol. The molecule has 0 radical (unpaired) electrons. The molecule has 28 heavy (non-hydrogen) atoms. The molecule has 1 aliphatic heterocycles. The summed E-state index contributed by atoms with van der Waals surface area (Å²) in [4.78, 5) is 4.33. The third-order valence-electron chi connectivity index (χ3n) is 4.94. The predicted molar refractivity (Wildman–Crippen MR) is 128 cm³/mol. The molecule has 0 aromatic heterocycles.